The van der Waals surface area contributed by atoms with Crippen molar-refractivity contribution in [1.29, 1.82) is 0 Å². The van der Waals surface area contributed by atoms with Gasteiger partial charge in [0.2, 0.25) is 0 Å². The van der Waals surface area contributed by atoms with Crippen molar-refractivity contribution in [3.05, 3.63) is 59.8 Å². The van der Waals surface area contributed by atoms with Crippen LogP contribution in [0.25, 0.3) is 0 Å². The Morgan fingerprint density at radius 1 is 0.968 bits per heavy atom. The summed E-state index contributed by atoms with van der Waals surface area (Å²) in [4.78, 5) is 24.9. The first-order valence-electron chi connectivity index (χ1n) is 10.3. The van der Waals surface area contributed by atoms with E-state index in [4.69, 9.17) is 9.47 Å². The highest BCUT2D eigenvalue weighted by molar-refractivity contribution is 5.88. The molecule has 0 aliphatic rings. The second kappa shape index (κ2) is 12.4. The molecule has 0 aliphatic carbocycles. The molecule has 0 bridgehead atoms. The summed E-state index contributed by atoms with van der Waals surface area (Å²) in [6, 6.07) is 0. The van der Waals surface area contributed by atoms with E-state index < -0.39 is 35.3 Å². The van der Waals surface area contributed by atoms with Gasteiger partial charge in [0.15, 0.2) is 6.10 Å². The molecule has 0 saturated heterocycles. The van der Waals surface area contributed by atoms with Crippen molar-refractivity contribution in [3.63, 3.8) is 0 Å². The molecule has 0 fully saturated rings. The third kappa shape index (κ3) is 10.4. The fraction of sp³-hybridized carbons (Fsp3) is 0.520. The highest BCUT2D eigenvalue weighted by Gasteiger charge is 2.40. The SMILES string of the molecule is C=CC(C)(O)C=CC=C(C)CC(OC(=O)C(C)=CC)C(OC(=O)C(C)=CC)C(C)(C)O. The maximum Gasteiger partial charge on any atom is 0.333 e. The molecule has 6 nitrogen and oxygen atoms in total. The van der Waals surface area contributed by atoms with Crippen LogP contribution in [0.1, 0.15) is 61.8 Å². The molecule has 31 heavy (non-hydrogen) atoms. The standard InChI is InChI=1S/C25H38O6/c1-10-18(5)22(26)30-20(16-17(4)14-13-15-25(9,29)12-3)21(24(7,8)28)31-23(27)19(6)11-2/h10-15,20-21,28-29H,3,16H2,1-2,4-9H3. The van der Waals surface area contributed by atoms with Gasteiger partial charge in [0.25, 0.3) is 0 Å². The summed E-state index contributed by atoms with van der Waals surface area (Å²) in [6.45, 7) is 16.6. The Morgan fingerprint density at radius 2 is 1.45 bits per heavy atom. The predicted octanol–water partition coefficient (Wildman–Crippen LogP) is 4.34. The lowest BCUT2D eigenvalue weighted by Crippen LogP contribution is -2.49. The minimum absolute atomic E-state index is 0.208. The predicted molar refractivity (Wildman–Crippen MR) is 123 cm³/mol. The van der Waals surface area contributed by atoms with Crippen LogP contribution in [0.2, 0.25) is 0 Å². The fourth-order valence-electron chi connectivity index (χ4n) is 2.42. The first-order valence-corrected chi connectivity index (χ1v) is 10.3. The van der Waals surface area contributed by atoms with Gasteiger partial charge in [-0.25, -0.2) is 9.59 Å². The van der Waals surface area contributed by atoms with Gasteiger partial charge >= 0.3 is 11.9 Å². The maximum absolute atomic E-state index is 12.5. The largest absolute Gasteiger partial charge is 0.455 e. The summed E-state index contributed by atoms with van der Waals surface area (Å²) in [5.74, 6) is -1.15. The molecule has 0 aliphatic heterocycles. The number of carbonyl (C=O) groups is 2. The van der Waals surface area contributed by atoms with Crippen molar-refractivity contribution < 1.29 is 29.3 Å². The Kier molecular flexibility index (Phi) is 11.4. The minimum atomic E-state index is -1.47. The lowest BCUT2D eigenvalue weighted by molar-refractivity contribution is -0.182. The smallest absolute Gasteiger partial charge is 0.333 e. The number of rotatable bonds is 11. The van der Waals surface area contributed by atoms with E-state index in [1.54, 1.807) is 65.0 Å². The van der Waals surface area contributed by atoms with Gasteiger partial charge in [0, 0.05) is 17.6 Å². The van der Waals surface area contributed by atoms with Gasteiger partial charge in [0.05, 0.1) is 11.2 Å². The zero-order chi connectivity index (χ0) is 24.4. The fourth-order valence-corrected chi connectivity index (χ4v) is 2.42. The number of carbonyl (C=O) groups excluding carboxylic acids is 2. The Morgan fingerprint density at radius 3 is 1.87 bits per heavy atom. The summed E-state index contributed by atoms with van der Waals surface area (Å²) >= 11 is 0. The van der Waals surface area contributed by atoms with E-state index in [1.165, 1.54) is 19.9 Å². The Balaban J connectivity index is 6.00. The monoisotopic (exact) mass is 434 g/mol. The molecule has 0 rings (SSSR count). The molecular weight excluding hydrogens is 396 g/mol. The van der Waals surface area contributed by atoms with Crippen LogP contribution in [0, 0.1) is 0 Å². The first-order chi connectivity index (χ1) is 14.2. The third-order valence-electron chi connectivity index (χ3n) is 4.79. The van der Waals surface area contributed by atoms with Crippen LogP contribution in [0.5, 0.6) is 0 Å². The van der Waals surface area contributed by atoms with E-state index in [-0.39, 0.29) is 6.42 Å². The van der Waals surface area contributed by atoms with E-state index in [9.17, 15) is 19.8 Å². The lowest BCUT2D eigenvalue weighted by Gasteiger charge is -2.35. The molecule has 0 saturated carbocycles. The molecule has 3 unspecified atom stereocenters. The van der Waals surface area contributed by atoms with E-state index in [0.29, 0.717) is 11.1 Å². The highest BCUT2D eigenvalue weighted by Crippen LogP contribution is 2.25. The average molecular weight is 435 g/mol. The number of hydrogen-bond acceptors (Lipinski definition) is 6. The van der Waals surface area contributed by atoms with E-state index in [2.05, 4.69) is 6.58 Å². The summed E-state index contributed by atoms with van der Waals surface area (Å²) in [6.07, 6.45) is 7.80. The summed E-state index contributed by atoms with van der Waals surface area (Å²) in [7, 11) is 0. The summed E-state index contributed by atoms with van der Waals surface area (Å²) < 4.78 is 11.2. The Labute approximate surface area is 186 Å². The molecule has 6 heteroatoms. The highest BCUT2D eigenvalue weighted by atomic mass is 16.6. The van der Waals surface area contributed by atoms with Crippen LogP contribution >= 0.6 is 0 Å². The second-order valence-electron chi connectivity index (χ2n) is 8.37. The Bertz CT molecular complexity index is 759. The van der Waals surface area contributed by atoms with Gasteiger partial charge in [-0.1, -0.05) is 42.5 Å². The van der Waals surface area contributed by atoms with Gasteiger partial charge in [-0.15, -0.1) is 0 Å². The molecule has 3 atom stereocenters. The maximum atomic E-state index is 12.5. The van der Waals surface area contributed by atoms with Crippen LogP contribution in [-0.2, 0) is 19.1 Å². The zero-order valence-electron chi connectivity index (χ0n) is 20.1. The lowest BCUT2D eigenvalue weighted by atomic mass is 9.92. The van der Waals surface area contributed by atoms with E-state index in [1.807, 2.05) is 6.92 Å². The molecule has 0 aromatic rings. The normalized spacial score (nSPS) is 17.7. The molecule has 0 heterocycles. The van der Waals surface area contributed by atoms with Crippen molar-refractivity contribution in [1.82, 2.24) is 0 Å². The molecule has 0 aromatic carbocycles. The number of ether oxygens (including phenoxy) is 2. The van der Waals surface area contributed by atoms with Crippen molar-refractivity contribution >= 4 is 11.9 Å². The average Bonchev–Trinajstić information content (AvgIpc) is 2.68. The number of hydrogen-bond donors (Lipinski definition) is 2. The molecule has 2 N–H and O–H groups in total. The molecule has 0 aromatic heterocycles. The summed E-state index contributed by atoms with van der Waals surface area (Å²) in [5, 5.41) is 20.7. The van der Waals surface area contributed by atoms with Crippen molar-refractivity contribution in [2.45, 2.75) is 85.2 Å². The quantitative estimate of drug-likeness (QED) is 0.217. The molecule has 174 valence electrons. The van der Waals surface area contributed by atoms with Gasteiger partial charge in [0.1, 0.15) is 6.10 Å². The first kappa shape index (κ1) is 28.6. The van der Waals surface area contributed by atoms with Gasteiger partial charge < -0.3 is 19.7 Å². The molecule has 0 radical (unpaired) electrons. The van der Waals surface area contributed by atoms with Crippen molar-refractivity contribution in [3.8, 4) is 0 Å². The minimum Gasteiger partial charge on any atom is -0.455 e. The molecular formula is C25H38O6. The van der Waals surface area contributed by atoms with E-state index >= 15 is 0 Å². The number of aliphatic hydroxyl groups is 2. The van der Waals surface area contributed by atoms with Gasteiger partial charge in [-0.05, 0) is 61.5 Å². The van der Waals surface area contributed by atoms with Crippen LogP contribution in [-0.4, -0.2) is 45.6 Å². The van der Waals surface area contributed by atoms with E-state index in [0.717, 1.165) is 5.57 Å². The summed E-state index contributed by atoms with van der Waals surface area (Å²) in [5.41, 5.74) is -1.05. The van der Waals surface area contributed by atoms with Crippen LogP contribution in [0.15, 0.2) is 59.8 Å². The van der Waals surface area contributed by atoms with Gasteiger partial charge in [-0.2, -0.15) is 0 Å². The number of esters is 2. The van der Waals surface area contributed by atoms with Crippen molar-refractivity contribution in [2.24, 2.45) is 0 Å². The topological polar surface area (TPSA) is 93.1 Å². The zero-order valence-corrected chi connectivity index (χ0v) is 20.1. The third-order valence-corrected chi connectivity index (χ3v) is 4.79. The Hall–Kier alpha value is -2.44. The second-order valence-corrected chi connectivity index (χ2v) is 8.37. The van der Waals surface area contributed by atoms with Crippen LogP contribution in [0.3, 0.4) is 0 Å². The molecule has 0 amide bonds. The van der Waals surface area contributed by atoms with Crippen molar-refractivity contribution in [2.75, 3.05) is 0 Å². The van der Waals surface area contributed by atoms with Crippen LogP contribution < -0.4 is 0 Å². The molecule has 0 spiro atoms. The number of allylic oxidation sites excluding steroid dienone is 4. The van der Waals surface area contributed by atoms with Gasteiger partial charge in [-0.3, -0.25) is 0 Å². The van der Waals surface area contributed by atoms with Crippen LogP contribution in [0.4, 0.5) is 0 Å².